The predicted molar refractivity (Wildman–Crippen MR) is 74.9 cm³/mol. The van der Waals surface area contributed by atoms with Gasteiger partial charge in [0.1, 0.15) is 0 Å². The molecule has 98 valence electrons. The highest BCUT2D eigenvalue weighted by molar-refractivity contribution is 5.98. The lowest BCUT2D eigenvalue weighted by Crippen LogP contribution is -2.43. The second-order valence-electron chi connectivity index (χ2n) is 5.70. The van der Waals surface area contributed by atoms with Gasteiger partial charge in [0.2, 0.25) is 0 Å². The summed E-state index contributed by atoms with van der Waals surface area (Å²) in [4.78, 5) is 14.7. The summed E-state index contributed by atoms with van der Waals surface area (Å²) in [5.74, 6) is 0.972. The van der Waals surface area contributed by atoms with Crippen molar-refractivity contribution in [3.05, 3.63) is 35.4 Å². The fraction of sp³-hybridized carbons (Fsp3) is 0.562. The third kappa shape index (κ3) is 2.99. The summed E-state index contributed by atoms with van der Waals surface area (Å²) in [7, 11) is 0. The molecule has 2 nitrogen and oxygen atoms in total. The Morgan fingerprint density at radius 2 is 2.00 bits per heavy atom. The summed E-state index contributed by atoms with van der Waals surface area (Å²) < 4.78 is 0. The Kier molecular flexibility index (Phi) is 4.18. The number of likely N-dealkylation sites (tertiary alicyclic amines) is 1. The highest BCUT2D eigenvalue weighted by Gasteiger charge is 2.25. The Labute approximate surface area is 110 Å². The molecule has 0 radical (unpaired) electrons. The average Bonchev–Trinajstić information content (AvgIpc) is 2.34. The first-order valence-corrected chi connectivity index (χ1v) is 6.91. The van der Waals surface area contributed by atoms with E-state index in [4.69, 9.17) is 0 Å². The van der Waals surface area contributed by atoms with Gasteiger partial charge in [0.05, 0.1) is 6.54 Å². The summed E-state index contributed by atoms with van der Waals surface area (Å²) in [5, 5.41) is 0. The van der Waals surface area contributed by atoms with Crippen LogP contribution in [0.1, 0.15) is 42.6 Å². The van der Waals surface area contributed by atoms with Crippen LogP contribution in [0.2, 0.25) is 0 Å². The fourth-order valence-corrected chi connectivity index (χ4v) is 2.76. The molecule has 0 spiro atoms. The number of ketones is 1. The highest BCUT2D eigenvalue weighted by atomic mass is 16.1. The van der Waals surface area contributed by atoms with Crippen molar-refractivity contribution in [3.63, 3.8) is 0 Å². The minimum Gasteiger partial charge on any atom is -0.293 e. The van der Waals surface area contributed by atoms with Crippen molar-refractivity contribution >= 4 is 5.78 Å². The van der Waals surface area contributed by atoms with Gasteiger partial charge in [0.25, 0.3) is 0 Å². The van der Waals surface area contributed by atoms with Crippen LogP contribution in [0.3, 0.4) is 0 Å². The van der Waals surface area contributed by atoms with E-state index in [1.165, 1.54) is 12.8 Å². The lowest BCUT2D eigenvalue weighted by Gasteiger charge is -2.36. The quantitative estimate of drug-likeness (QED) is 0.762. The van der Waals surface area contributed by atoms with Gasteiger partial charge in [-0.15, -0.1) is 0 Å². The number of Topliss-reactive ketones (excluding diaryl/α,β-unsaturated/α-hetero) is 1. The van der Waals surface area contributed by atoms with E-state index in [2.05, 4.69) is 18.7 Å². The molecule has 0 aromatic heterocycles. The standard InChI is InChI=1S/C16H23NO/c1-12-8-9-14(3)17(10-12)11-16(18)15-7-5-4-6-13(15)2/h4-7,12,14H,8-11H2,1-3H3. The predicted octanol–water partition coefficient (Wildman–Crippen LogP) is 3.30. The Bertz CT molecular complexity index is 427. The number of benzene rings is 1. The molecule has 1 aromatic rings. The Hall–Kier alpha value is -1.15. The zero-order valence-corrected chi connectivity index (χ0v) is 11.6. The molecule has 18 heavy (non-hydrogen) atoms. The van der Waals surface area contributed by atoms with Crippen LogP contribution in [0, 0.1) is 12.8 Å². The number of nitrogens with zero attached hydrogens (tertiary/aromatic N) is 1. The van der Waals surface area contributed by atoms with Crippen LogP contribution < -0.4 is 0 Å². The van der Waals surface area contributed by atoms with Crippen molar-refractivity contribution in [2.75, 3.05) is 13.1 Å². The number of hydrogen-bond donors (Lipinski definition) is 0. The lowest BCUT2D eigenvalue weighted by atomic mass is 9.94. The van der Waals surface area contributed by atoms with Gasteiger partial charge in [-0.05, 0) is 38.2 Å². The molecule has 0 bridgehead atoms. The summed E-state index contributed by atoms with van der Waals surface area (Å²) in [6.07, 6.45) is 2.50. The van der Waals surface area contributed by atoms with Crippen LogP contribution in [-0.4, -0.2) is 29.8 Å². The Morgan fingerprint density at radius 1 is 1.28 bits per heavy atom. The Balaban J connectivity index is 2.05. The van der Waals surface area contributed by atoms with Gasteiger partial charge in [-0.3, -0.25) is 9.69 Å². The third-order valence-corrected chi connectivity index (χ3v) is 4.04. The van der Waals surface area contributed by atoms with Crippen molar-refractivity contribution in [2.45, 2.75) is 39.7 Å². The molecule has 1 aliphatic rings. The molecule has 1 aromatic carbocycles. The Morgan fingerprint density at radius 3 is 2.72 bits per heavy atom. The van der Waals surface area contributed by atoms with E-state index >= 15 is 0 Å². The van der Waals surface area contributed by atoms with Crippen LogP contribution in [0.25, 0.3) is 0 Å². The molecule has 1 aliphatic heterocycles. The third-order valence-electron chi connectivity index (χ3n) is 4.04. The summed E-state index contributed by atoms with van der Waals surface area (Å²) in [5.41, 5.74) is 1.96. The molecule has 1 heterocycles. The van der Waals surface area contributed by atoms with Gasteiger partial charge >= 0.3 is 0 Å². The first-order chi connectivity index (χ1) is 8.58. The first kappa shape index (κ1) is 13.3. The van der Waals surface area contributed by atoms with E-state index in [1.54, 1.807) is 0 Å². The number of rotatable bonds is 3. The number of aryl methyl sites for hydroxylation is 1. The topological polar surface area (TPSA) is 20.3 Å². The van der Waals surface area contributed by atoms with Crippen LogP contribution in [0.5, 0.6) is 0 Å². The van der Waals surface area contributed by atoms with Crippen LogP contribution in [-0.2, 0) is 0 Å². The maximum absolute atomic E-state index is 12.3. The molecular weight excluding hydrogens is 222 g/mol. The van der Waals surface area contributed by atoms with Gasteiger partial charge in [-0.2, -0.15) is 0 Å². The van der Waals surface area contributed by atoms with Gasteiger partial charge in [0.15, 0.2) is 5.78 Å². The summed E-state index contributed by atoms with van der Waals surface area (Å²) in [6, 6.07) is 8.42. The molecule has 2 atom stereocenters. The van der Waals surface area contributed by atoms with Gasteiger partial charge in [-0.1, -0.05) is 31.2 Å². The smallest absolute Gasteiger partial charge is 0.177 e. The lowest BCUT2D eigenvalue weighted by molar-refractivity contribution is 0.0805. The maximum atomic E-state index is 12.3. The zero-order chi connectivity index (χ0) is 13.1. The van der Waals surface area contributed by atoms with Crippen molar-refractivity contribution in [2.24, 2.45) is 5.92 Å². The fourth-order valence-electron chi connectivity index (χ4n) is 2.76. The van der Waals surface area contributed by atoms with E-state index in [0.717, 1.165) is 17.7 Å². The van der Waals surface area contributed by atoms with Crippen LogP contribution in [0.4, 0.5) is 0 Å². The highest BCUT2D eigenvalue weighted by Crippen LogP contribution is 2.21. The van der Waals surface area contributed by atoms with E-state index < -0.39 is 0 Å². The van der Waals surface area contributed by atoms with Crippen LogP contribution in [0.15, 0.2) is 24.3 Å². The molecule has 0 saturated carbocycles. The molecule has 2 unspecified atom stereocenters. The van der Waals surface area contributed by atoms with E-state index in [-0.39, 0.29) is 5.78 Å². The molecule has 2 heteroatoms. The average molecular weight is 245 g/mol. The normalized spacial score (nSPS) is 25.1. The van der Waals surface area contributed by atoms with E-state index in [0.29, 0.717) is 18.5 Å². The van der Waals surface area contributed by atoms with Crippen LogP contribution >= 0.6 is 0 Å². The van der Waals surface area contributed by atoms with Crippen molar-refractivity contribution in [3.8, 4) is 0 Å². The number of piperidine rings is 1. The number of carbonyl (C=O) groups is 1. The largest absolute Gasteiger partial charge is 0.293 e. The summed E-state index contributed by atoms with van der Waals surface area (Å²) >= 11 is 0. The number of carbonyl (C=O) groups excluding carboxylic acids is 1. The maximum Gasteiger partial charge on any atom is 0.177 e. The van der Waals surface area contributed by atoms with Gasteiger partial charge < -0.3 is 0 Å². The molecule has 0 aliphatic carbocycles. The monoisotopic (exact) mass is 245 g/mol. The molecule has 2 rings (SSSR count). The molecule has 1 saturated heterocycles. The molecule has 0 N–H and O–H groups in total. The molecule has 0 amide bonds. The van der Waals surface area contributed by atoms with Crippen molar-refractivity contribution < 1.29 is 4.79 Å². The summed E-state index contributed by atoms with van der Waals surface area (Å²) in [6.45, 7) is 8.14. The minimum atomic E-state index is 0.258. The van der Waals surface area contributed by atoms with E-state index in [9.17, 15) is 4.79 Å². The van der Waals surface area contributed by atoms with E-state index in [1.807, 2.05) is 31.2 Å². The first-order valence-electron chi connectivity index (χ1n) is 6.91. The van der Waals surface area contributed by atoms with Gasteiger partial charge in [0, 0.05) is 18.2 Å². The molecule has 1 fully saturated rings. The van der Waals surface area contributed by atoms with Gasteiger partial charge in [-0.25, -0.2) is 0 Å². The van der Waals surface area contributed by atoms with Crippen molar-refractivity contribution in [1.29, 1.82) is 0 Å². The second-order valence-corrected chi connectivity index (χ2v) is 5.70. The number of hydrogen-bond acceptors (Lipinski definition) is 2. The zero-order valence-electron chi connectivity index (χ0n) is 11.6. The SMILES string of the molecule is Cc1ccccc1C(=O)CN1CC(C)CCC1C. The molecular formula is C16H23NO. The second kappa shape index (κ2) is 5.66. The minimum absolute atomic E-state index is 0.258. The van der Waals surface area contributed by atoms with Crippen molar-refractivity contribution in [1.82, 2.24) is 4.90 Å².